The van der Waals surface area contributed by atoms with Crippen molar-refractivity contribution < 1.29 is 9.59 Å². The highest BCUT2D eigenvalue weighted by molar-refractivity contribution is 5.82. The standard InChI is InChI=1S/C18H27N3O2/c1-4-19-18(23)15-11-12-21(13-15)17(22)10-7-14-5-8-16(9-6-14)20(2)3/h5-6,8-9,15H,4,7,10-13H2,1-3H3,(H,19,23)/t15-/m0/s1. The third kappa shape index (κ3) is 4.71. The lowest BCUT2D eigenvalue weighted by Gasteiger charge is -2.17. The fourth-order valence-corrected chi connectivity index (χ4v) is 2.89. The minimum absolute atomic E-state index is 0.0433. The van der Waals surface area contributed by atoms with E-state index in [9.17, 15) is 9.59 Å². The average Bonchev–Trinajstić information content (AvgIpc) is 3.03. The van der Waals surface area contributed by atoms with Gasteiger partial charge in [0.05, 0.1) is 5.92 Å². The Balaban J connectivity index is 1.80. The number of carbonyl (C=O) groups is 2. The van der Waals surface area contributed by atoms with Crippen molar-refractivity contribution in [3.05, 3.63) is 29.8 Å². The molecule has 1 aliphatic heterocycles. The van der Waals surface area contributed by atoms with Crippen LogP contribution in [0.15, 0.2) is 24.3 Å². The Morgan fingerprint density at radius 2 is 1.96 bits per heavy atom. The summed E-state index contributed by atoms with van der Waals surface area (Å²) in [5, 5.41) is 2.84. The predicted molar refractivity (Wildman–Crippen MR) is 92.5 cm³/mol. The Morgan fingerprint density at radius 3 is 2.57 bits per heavy atom. The molecule has 0 aliphatic carbocycles. The lowest BCUT2D eigenvalue weighted by Crippen LogP contribution is -2.34. The van der Waals surface area contributed by atoms with Gasteiger partial charge in [0.15, 0.2) is 0 Å². The third-order valence-electron chi connectivity index (χ3n) is 4.34. The number of rotatable bonds is 6. The van der Waals surface area contributed by atoms with Crippen molar-refractivity contribution in [1.29, 1.82) is 0 Å². The second-order valence-corrected chi connectivity index (χ2v) is 6.28. The molecule has 2 rings (SSSR count). The Kier molecular flexibility index (Phi) is 6.02. The van der Waals surface area contributed by atoms with Gasteiger partial charge in [0.1, 0.15) is 0 Å². The number of hydrogen-bond donors (Lipinski definition) is 1. The van der Waals surface area contributed by atoms with Gasteiger partial charge < -0.3 is 15.1 Å². The first kappa shape index (κ1) is 17.3. The number of carbonyl (C=O) groups excluding carboxylic acids is 2. The molecule has 23 heavy (non-hydrogen) atoms. The summed E-state index contributed by atoms with van der Waals surface area (Å²) in [6.45, 7) is 3.81. The van der Waals surface area contributed by atoms with Crippen LogP contribution in [0.2, 0.25) is 0 Å². The molecule has 1 aromatic rings. The summed E-state index contributed by atoms with van der Waals surface area (Å²) in [5.74, 6) is 0.175. The molecule has 0 saturated carbocycles. The van der Waals surface area contributed by atoms with Crippen molar-refractivity contribution in [2.45, 2.75) is 26.2 Å². The molecule has 1 saturated heterocycles. The van der Waals surface area contributed by atoms with Crippen LogP contribution in [0, 0.1) is 5.92 Å². The molecule has 5 heteroatoms. The monoisotopic (exact) mass is 317 g/mol. The largest absolute Gasteiger partial charge is 0.378 e. The Hall–Kier alpha value is -2.04. The van der Waals surface area contributed by atoms with E-state index in [0.29, 0.717) is 26.1 Å². The molecule has 2 amide bonds. The molecule has 1 N–H and O–H groups in total. The molecule has 5 nitrogen and oxygen atoms in total. The van der Waals surface area contributed by atoms with Gasteiger partial charge in [-0.3, -0.25) is 9.59 Å². The minimum atomic E-state index is -0.0433. The third-order valence-corrected chi connectivity index (χ3v) is 4.34. The van der Waals surface area contributed by atoms with Crippen molar-refractivity contribution in [2.75, 3.05) is 38.6 Å². The second kappa shape index (κ2) is 7.99. The molecule has 0 spiro atoms. The maximum absolute atomic E-state index is 12.3. The summed E-state index contributed by atoms with van der Waals surface area (Å²) in [6.07, 6.45) is 2.02. The van der Waals surface area contributed by atoms with Crippen LogP contribution in [0.4, 0.5) is 5.69 Å². The highest BCUT2D eigenvalue weighted by Crippen LogP contribution is 2.18. The normalized spacial score (nSPS) is 17.2. The Labute approximate surface area is 138 Å². The number of nitrogens with one attached hydrogen (secondary N) is 1. The molecule has 0 radical (unpaired) electrons. The lowest BCUT2D eigenvalue weighted by molar-refractivity contribution is -0.130. The topological polar surface area (TPSA) is 52.7 Å². The highest BCUT2D eigenvalue weighted by Gasteiger charge is 2.30. The van der Waals surface area contributed by atoms with Crippen molar-refractivity contribution in [1.82, 2.24) is 10.2 Å². The molecule has 0 aromatic heterocycles. The number of likely N-dealkylation sites (tertiary alicyclic amines) is 1. The van der Waals surface area contributed by atoms with Gasteiger partial charge >= 0.3 is 0 Å². The van der Waals surface area contributed by atoms with Crippen LogP contribution in [-0.2, 0) is 16.0 Å². The van der Waals surface area contributed by atoms with E-state index in [1.807, 2.05) is 25.9 Å². The van der Waals surface area contributed by atoms with E-state index in [-0.39, 0.29) is 17.7 Å². The molecule has 1 atom stereocenters. The number of nitrogens with zero attached hydrogens (tertiary/aromatic N) is 2. The zero-order chi connectivity index (χ0) is 16.8. The van der Waals surface area contributed by atoms with Crippen molar-refractivity contribution in [2.24, 2.45) is 5.92 Å². The van der Waals surface area contributed by atoms with Gasteiger partial charge in [-0.25, -0.2) is 0 Å². The number of hydrogen-bond acceptors (Lipinski definition) is 3. The number of amides is 2. The van der Waals surface area contributed by atoms with E-state index in [4.69, 9.17) is 0 Å². The van der Waals surface area contributed by atoms with Gasteiger partial charge in [-0.05, 0) is 37.5 Å². The van der Waals surface area contributed by atoms with Gasteiger partial charge in [0, 0.05) is 45.8 Å². The Morgan fingerprint density at radius 1 is 1.26 bits per heavy atom. The number of anilines is 1. The molecular weight excluding hydrogens is 290 g/mol. The van der Waals surface area contributed by atoms with E-state index in [0.717, 1.165) is 18.5 Å². The summed E-state index contributed by atoms with van der Waals surface area (Å²) in [4.78, 5) is 28.0. The van der Waals surface area contributed by atoms with Gasteiger partial charge in [-0.1, -0.05) is 12.1 Å². The van der Waals surface area contributed by atoms with Crippen LogP contribution in [-0.4, -0.2) is 50.4 Å². The molecule has 1 aliphatic rings. The summed E-state index contributed by atoms with van der Waals surface area (Å²) >= 11 is 0. The van der Waals surface area contributed by atoms with E-state index >= 15 is 0 Å². The van der Waals surface area contributed by atoms with E-state index in [1.54, 1.807) is 0 Å². The van der Waals surface area contributed by atoms with E-state index < -0.39 is 0 Å². The highest BCUT2D eigenvalue weighted by atomic mass is 16.2. The fourth-order valence-electron chi connectivity index (χ4n) is 2.89. The second-order valence-electron chi connectivity index (χ2n) is 6.28. The number of aryl methyl sites for hydroxylation is 1. The van der Waals surface area contributed by atoms with Gasteiger partial charge in [0.2, 0.25) is 11.8 Å². The molecule has 0 bridgehead atoms. The van der Waals surface area contributed by atoms with Crippen LogP contribution in [0.1, 0.15) is 25.3 Å². The first-order valence-corrected chi connectivity index (χ1v) is 8.33. The van der Waals surface area contributed by atoms with E-state index in [2.05, 4.69) is 34.5 Å². The SMILES string of the molecule is CCNC(=O)[C@H]1CCN(C(=O)CCc2ccc(N(C)C)cc2)C1. The van der Waals surface area contributed by atoms with E-state index in [1.165, 1.54) is 5.56 Å². The van der Waals surface area contributed by atoms with Crippen LogP contribution in [0.25, 0.3) is 0 Å². The fraction of sp³-hybridized carbons (Fsp3) is 0.556. The molecule has 0 unspecified atom stereocenters. The van der Waals surface area contributed by atoms with Crippen LogP contribution in [0.3, 0.4) is 0 Å². The minimum Gasteiger partial charge on any atom is -0.378 e. The summed E-state index contributed by atoms with van der Waals surface area (Å²) in [5.41, 5.74) is 2.33. The van der Waals surface area contributed by atoms with Gasteiger partial charge in [-0.15, -0.1) is 0 Å². The zero-order valence-electron chi connectivity index (χ0n) is 14.3. The van der Waals surface area contributed by atoms with Crippen LogP contribution in [0.5, 0.6) is 0 Å². The molecule has 126 valence electrons. The molecule has 1 aromatic carbocycles. The van der Waals surface area contributed by atoms with Crippen molar-refractivity contribution in [3.8, 4) is 0 Å². The first-order valence-electron chi connectivity index (χ1n) is 8.33. The van der Waals surface area contributed by atoms with Crippen molar-refractivity contribution in [3.63, 3.8) is 0 Å². The van der Waals surface area contributed by atoms with Crippen LogP contribution >= 0.6 is 0 Å². The summed E-state index contributed by atoms with van der Waals surface area (Å²) in [7, 11) is 4.02. The van der Waals surface area contributed by atoms with Crippen LogP contribution < -0.4 is 10.2 Å². The molecule has 1 fully saturated rings. The number of benzene rings is 1. The molecular formula is C18H27N3O2. The molecule has 1 heterocycles. The maximum Gasteiger partial charge on any atom is 0.224 e. The summed E-state index contributed by atoms with van der Waals surface area (Å²) < 4.78 is 0. The van der Waals surface area contributed by atoms with Gasteiger partial charge in [-0.2, -0.15) is 0 Å². The quantitative estimate of drug-likeness (QED) is 0.868. The average molecular weight is 317 g/mol. The maximum atomic E-state index is 12.3. The predicted octanol–water partition coefficient (Wildman–Crippen LogP) is 1.67. The first-order chi connectivity index (χ1) is 11.0. The summed E-state index contributed by atoms with van der Waals surface area (Å²) in [6, 6.07) is 8.29. The van der Waals surface area contributed by atoms with Gasteiger partial charge in [0.25, 0.3) is 0 Å². The lowest BCUT2D eigenvalue weighted by atomic mass is 10.1. The smallest absolute Gasteiger partial charge is 0.224 e. The zero-order valence-corrected chi connectivity index (χ0v) is 14.3. The Bertz CT molecular complexity index is 540. The van der Waals surface area contributed by atoms with Crippen molar-refractivity contribution >= 4 is 17.5 Å².